The van der Waals surface area contributed by atoms with E-state index in [0.29, 0.717) is 18.7 Å². The molecule has 0 aromatic heterocycles. The van der Waals surface area contributed by atoms with Crippen LogP contribution in [0, 0.1) is 11.6 Å². The van der Waals surface area contributed by atoms with Gasteiger partial charge in [-0.1, -0.05) is 18.2 Å². The second-order valence-corrected chi connectivity index (χ2v) is 5.32. The third-order valence-electron chi connectivity index (χ3n) is 3.88. The van der Waals surface area contributed by atoms with E-state index in [2.05, 4.69) is 22.8 Å². The van der Waals surface area contributed by atoms with Crippen LogP contribution in [-0.4, -0.2) is 6.54 Å². The van der Waals surface area contributed by atoms with Crippen molar-refractivity contribution in [3.05, 3.63) is 70.3 Å². The van der Waals surface area contributed by atoms with Crippen LogP contribution in [0.4, 0.5) is 8.78 Å². The molecule has 2 aromatic carbocycles. The molecule has 3 rings (SSSR count). The molecule has 0 bridgehead atoms. The minimum Gasteiger partial charge on any atom is -0.312 e. The maximum atomic E-state index is 13.6. The molecule has 1 aliphatic heterocycles. The first-order chi connectivity index (χ1) is 10.2. The Morgan fingerprint density at radius 3 is 2.81 bits per heavy atom. The number of nitrogens with one attached hydrogen (secondary N) is 2. The van der Waals surface area contributed by atoms with E-state index in [1.54, 1.807) is 0 Å². The Kier molecular flexibility index (Phi) is 4.27. The highest BCUT2D eigenvalue weighted by atomic mass is 19.1. The van der Waals surface area contributed by atoms with Gasteiger partial charge in [-0.25, -0.2) is 8.78 Å². The minimum atomic E-state index is -0.406. The van der Waals surface area contributed by atoms with Gasteiger partial charge in [0.1, 0.15) is 11.6 Å². The first-order valence-electron chi connectivity index (χ1n) is 7.19. The summed E-state index contributed by atoms with van der Waals surface area (Å²) in [6, 6.07) is 9.83. The van der Waals surface area contributed by atoms with Gasteiger partial charge in [-0.05, 0) is 47.9 Å². The van der Waals surface area contributed by atoms with Crippen molar-refractivity contribution in [1.29, 1.82) is 0 Å². The Balaban J connectivity index is 1.67. The van der Waals surface area contributed by atoms with Crippen molar-refractivity contribution >= 4 is 0 Å². The molecule has 0 atom stereocenters. The maximum absolute atomic E-state index is 13.6. The second-order valence-electron chi connectivity index (χ2n) is 5.32. The van der Waals surface area contributed by atoms with Gasteiger partial charge in [0.25, 0.3) is 0 Å². The average molecular weight is 288 g/mol. The molecule has 0 saturated carbocycles. The fourth-order valence-electron chi connectivity index (χ4n) is 2.79. The first-order valence-corrected chi connectivity index (χ1v) is 7.19. The van der Waals surface area contributed by atoms with E-state index in [1.165, 1.54) is 28.8 Å². The Morgan fingerprint density at radius 2 is 1.90 bits per heavy atom. The van der Waals surface area contributed by atoms with E-state index in [9.17, 15) is 8.78 Å². The molecule has 0 radical (unpaired) electrons. The van der Waals surface area contributed by atoms with Crippen LogP contribution >= 0.6 is 0 Å². The zero-order chi connectivity index (χ0) is 14.7. The fraction of sp³-hybridized carbons (Fsp3) is 0.294. The molecule has 0 saturated heterocycles. The second kappa shape index (κ2) is 6.33. The van der Waals surface area contributed by atoms with E-state index in [1.807, 2.05) is 6.07 Å². The number of halogens is 2. The summed E-state index contributed by atoms with van der Waals surface area (Å²) < 4.78 is 26.7. The van der Waals surface area contributed by atoms with Crippen molar-refractivity contribution in [3.8, 4) is 0 Å². The van der Waals surface area contributed by atoms with E-state index >= 15 is 0 Å². The highest BCUT2D eigenvalue weighted by molar-refractivity contribution is 5.37. The van der Waals surface area contributed by atoms with Crippen molar-refractivity contribution in [1.82, 2.24) is 10.6 Å². The Labute approximate surface area is 123 Å². The standard InChI is InChI=1S/C17H18F2N2/c18-15-4-5-17(19)14(8-15)11-21-10-13-3-1-2-12-9-20-7-6-16(12)13/h1-5,8,20-21H,6-7,9-11H2. The molecule has 2 N–H and O–H groups in total. The highest BCUT2D eigenvalue weighted by Gasteiger charge is 2.12. The molecular formula is C17H18F2N2. The molecule has 0 unspecified atom stereocenters. The predicted molar refractivity (Wildman–Crippen MR) is 78.8 cm³/mol. The van der Waals surface area contributed by atoms with Crippen LogP contribution in [-0.2, 0) is 26.1 Å². The lowest BCUT2D eigenvalue weighted by atomic mass is 9.95. The molecule has 21 heavy (non-hydrogen) atoms. The maximum Gasteiger partial charge on any atom is 0.127 e. The van der Waals surface area contributed by atoms with E-state index in [4.69, 9.17) is 0 Å². The Hall–Kier alpha value is -1.78. The summed E-state index contributed by atoms with van der Waals surface area (Å²) in [5.41, 5.74) is 4.31. The zero-order valence-electron chi connectivity index (χ0n) is 11.8. The topological polar surface area (TPSA) is 24.1 Å². The zero-order valence-corrected chi connectivity index (χ0v) is 11.8. The van der Waals surface area contributed by atoms with Gasteiger partial charge in [-0.2, -0.15) is 0 Å². The first kappa shape index (κ1) is 14.2. The lowest BCUT2D eigenvalue weighted by Crippen LogP contribution is -2.25. The third-order valence-corrected chi connectivity index (χ3v) is 3.88. The van der Waals surface area contributed by atoms with Crippen molar-refractivity contribution in [3.63, 3.8) is 0 Å². The molecule has 2 nitrogen and oxygen atoms in total. The van der Waals surface area contributed by atoms with Crippen molar-refractivity contribution < 1.29 is 8.78 Å². The van der Waals surface area contributed by atoms with Crippen molar-refractivity contribution in [2.45, 2.75) is 26.1 Å². The van der Waals surface area contributed by atoms with Crippen LogP contribution in [0.3, 0.4) is 0 Å². The fourth-order valence-corrected chi connectivity index (χ4v) is 2.79. The van der Waals surface area contributed by atoms with Gasteiger partial charge < -0.3 is 10.6 Å². The van der Waals surface area contributed by atoms with Gasteiger partial charge in [0, 0.05) is 25.2 Å². The van der Waals surface area contributed by atoms with Gasteiger partial charge in [0.05, 0.1) is 0 Å². The molecule has 1 aliphatic rings. The molecular weight excluding hydrogens is 270 g/mol. The molecule has 2 aromatic rings. The summed E-state index contributed by atoms with van der Waals surface area (Å²) in [7, 11) is 0. The van der Waals surface area contributed by atoms with E-state index in [-0.39, 0.29) is 5.82 Å². The normalized spacial score (nSPS) is 14.0. The summed E-state index contributed by atoms with van der Waals surface area (Å²) in [6.07, 6.45) is 1.02. The molecule has 0 amide bonds. The van der Waals surface area contributed by atoms with Crippen LogP contribution < -0.4 is 10.6 Å². The van der Waals surface area contributed by atoms with Crippen LogP contribution in [0.5, 0.6) is 0 Å². The molecule has 0 fully saturated rings. The van der Waals surface area contributed by atoms with Crippen molar-refractivity contribution in [2.24, 2.45) is 0 Å². The molecule has 4 heteroatoms. The molecule has 0 aliphatic carbocycles. The Bertz CT molecular complexity index is 641. The lowest BCUT2D eigenvalue weighted by Gasteiger charge is -2.20. The highest BCUT2D eigenvalue weighted by Crippen LogP contribution is 2.18. The summed E-state index contributed by atoms with van der Waals surface area (Å²) in [6.45, 7) is 2.88. The van der Waals surface area contributed by atoms with E-state index in [0.717, 1.165) is 25.6 Å². The predicted octanol–water partition coefficient (Wildman–Crippen LogP) is 2.90. The third kappa shape index (κ3) is 3.28. The van der Waals surface area contributed by atoms with Crippen LogP contribution in [0.1, 0.15) is 22.3 Å². The Morgan fingerprint density at radius 1 is 1.05 bits per heavy atom. The smallest absolute Gasteiger partial charge is 0.127 e. The van der Waals surface area contributed by atoms with Gasteiger partial charge in [-0.15, -0.1) is 0 Å². The molecule has 110 valence electrons. The van der Waals surface area contributed by atoms with Crippen LogP contribution in [0.15, 0.2) is 36.4 Å². The molecule has 1 heterocycles. The minimum absolute atomic E-state index is 0.325. The number of benzene rings is 2. The molecule has 0 spiro atoms. The van der Waals surface area contributed by atoms with E-state index < -0.39 is 5.82 Å². The monoisotopic (exact) mass is 288 g/mol. The number of hydrogen-bond donors (Lipinski definition) is 2. The largest absolute Gasteiger partial charge is 0.312 e. The summed E-state index contributed by atoms with van der Waals surface area (Å²) in [5.74, 6) is -0.778. The van der Waals surface area contributed by atoms with Crippen LogP contribution in [0.2, 0.25) is 0 Å². The number of hydrogen-bond acceptors (Lipinski definition) is 2. The van der Waals surface area contributed by atoms with Crippen molar-refractivity contribution in [2.75, 3.05) is 6.54 Å². The lowest BCUT2D eigenvalue weighted by molar-refractivity contribution is 0.566. The summed E-state index contributed by atoms with van der Waals surface area (Å²) >= 11 is 0. The van der Waals surface area contributed by atoms with Gasteiger partial charge >= 0.3 is 0 Å². The number of rotatable bonds is 4. The quantitative estimate of drug-likeness (QED) is 0.904. The summed E-state index contributed by atoms with van der Waals surface area (Å²) in [5, 5.41) is 6.56. The van der Waals surface area contributed by atoms with Gasteiger partial charge in [0.2, 0.25) is 0 Å². The van der Waals surface area contributed by atoms with Gasteiger partial charge in [0.15, 0.2) is 0 Å². The average Bonchev–Trinajstić information content (AvgIpc) is 2.51. The summed E-state index contributed by atoms with van der Waals surface area (Å²) in [4.78, 5) is 0. The SMILES string of the molecule is Fc1ccc(F)c(CNCc2cccc3c2CCNC3)c1. The van der Waals surface area contributed by atoms with Gasteiger partial charge in [-0.3, -0.25) is 0 Å². The number of fused-ring (bicyclic) bond motifs is 1. The van der Waals surface area contributed by atoms with Crippen LogP contribution in [0.25, 0.3) is 0 Å².